The molecule has 1 aromatic rings. The minimum Gasteiger partial charge on any atom is -0.507 e. The molecule has 5 nitrogen and oxygen atoms in total. The topological polar surface area (TPSA) is 69.6 Å². The number of carbonyl (C=O) groups excluding carboxylic acids is 2. The van der Waals surface area contributed by atoms with E-state index in [9.17, 15) is 14.7 Å². The molecule has 0 unspecified atom stereocenters. The largest absolute Gasteiger partial charge is 0.507 e. The molecule has 0 radical (unpaired) electrons. The number of nitrogens with one attached hydrogen (secondary N) is 1. The van der Waals surface area contributed by atoms with Crippen molar-refractivity contribution in [2.45, 2.75) is 19.8 Å². The molecule has 1 aromatic carbocycles. The summed E-state index contributed by atoms with van der Waals surface area (Å²) in [6.45, 7) is 2.96. The van der Waals surface area contributed by atoms with E-state index in [1.807, 2.05) is 13.0 Å². The van der Waals surface area contributed by atoms with Gasteiger partial charge in [0.05, 0.1) is 5.56 Å². The van der Waals surface area contributed by atoms with E-state index in [4.69, 9.17) is 0 Å². The third-order valence-electron chi connectivity index (χ3n) is 3.78. The van der Waals surface area contributed by atoms with E-state index in [1.54, 1.807) is 24.1 Å². The van der Waals surface area contributed by atoms with Gasteiger partial charge in [0.1, 0.15) is 5.75 Å². The fourth-order valence-corrected chi connectivity index (χ4v) is 2.54. The molecule has 1 aliphatic heterocycles. The zero-order chi connectivity index (χ0) is 14.7. The third-order valence-corrected chi connectivity index (χ3v) is 3.78. The number of amides is 2. The number of hydrogen-bond acceptors (Lipinski definition) is 3. The van der Waals surface area contributed by atoms with Gasteiger partial charge in [0, 0.05) is 26.1 Å². The normalized spacial score (nSPS) is 16.0. The number of phenols is 1. The lowest BCUT2D eigenvalue weighted by molar-refractivity contribution is -0.125. The standard InChI is InChI=1S/C15H20N2O3/c1-10-3-4-12(13(18)9-10)15(20)17-7-5-11(6-8-17)14(19)16-2/h3-4,9,11,18H,5-8H2,1-2H3,(H,16,19). The molecule has 2 rings (SSSR count). The Hall–Kier alpha value is -2.04. The van der Waals surface area contributed by atoms with Crippen molar-refractivity contribution in [1.29, 1.82) is 0 Å². The Morgan fingerprint density at radius 2 is 1.95 bits per heavy atom. The highest BCUT2D eigenvalue weighted by molar-refractivity contribution is 5.97. The number of aryl methyl sites for hydroxylation is 1. The Kier molecular flexibility index (Phi) is 4.27. The van der Waals surface area contributed by atoms with Gasteiger partial charge in [-0.15, -0.1) is 0 Å². The van der Waals surface area contributed by atoms with Crippen LogP contribution in [0.25, 0.3) is 0 Å². The van der Waals surface area contributed by atoms with E-state index in [0.717, 1.165) is 5.56 Å². The molecular formula is C15H20N2O3. The molecule has 1 heterocycles. The maximum Gasteiger partial charge on any atom is 0.257 e. The monoisotopic (exact) mass is 276 g/mol. The lowest BCUT2D eigenvalue weighted by Gasteiger charge is -2.31. The summed E-state index contributed by atoms with van der Waals surface area (Å²) < 4.78 is 0. The molecule has 0 aliphatic carbocycles. The number of rotatable bonds is 2. The van der Waals surface area contributed by atoms with Crippen LogP contribution in [0.15, 0.2) is 18.2 Å². The van der Waals surface area contributed by atoms with Gasteiger partial charge in [0.25, 0.3) is 5.91 Å². The van der Waals surface area contributed by atoms with Gasteiger partial charge in [0.15, 0.2) is 0 Å². The van der Waals surface area contributed by atoms with Crippen molar-refractivity contribution in [3.8, 4) is 5.75 Å². The summed E-state index contributed by atoms with van der Waals surface area (Å²) in [6.07, 6.45) is 1.33. The predicted octanol–water partition coefficient (Wildman–Crippen LogP) is 1.30. The second-order valence-corrected chi connectivity index (χ2v) is 5.20. The van der Waals surface area contributed by atoms with E-state index in [1.165, 1.54) is 0 Å². The van der Waals surface area contributed by atoms with E-state index < -0.39 is 0 Å². The molecule has 5 heteroatoms. The van der Waals surface area contributed by atoms with Crippen molar-refractivity contribution in [2.24, 2.45) is 5.92 Å². The average molecular weight is 276 g/mol. The van der Waals surface area contributed by atoms with Crippen LogP contribution in [-0.4, -0.2) is 42.0 Å². The van der Waals surface area contributed by atoms with Crippen LogP contribution < -0.4 is 5.32 Å². The van der Waals surface area contributed by atoms with Crippen LogP contribution in [-0.2, 0) is 4.79 Å². The summed E-state index contributed by atoms with van der Waals surface area (Å²) in [5, 5.41) is 12.5. The zero-order valence-electron chi connectivity index (χ0n) is 11.8. The lowest BCUT2D eigenvalue weighted by Crippen LogP contribution is -2.42. The van der Waals surface area contributed by atoms with Crippen molar-refractivity contribution < 1.29 is 14.7 Å². The summed E-state index contributed by atoms with van der Waals surface area (Å²) >= 11 is 0. The molecule has 0 spiro atoms. The van der Waals surface area contributed by atoms with E-state index >= 15 is 0 Å². The molecule has 0 atom stereocenters. The van der Waals surface area contributed by atoms with Crippen molar-refractivity contribution in [3.05, 3.63) is 29.3 Å². The van der Waals surface area contributed by atoms with Crippen LogP contribution in [0.3, 0.4) is 0 Å². The fourth-order valence-electron chi connectivity index (χ4n) is 2.54. The number of piperidine rings is 1. The van der Waals surface area contributed by atoms with Crippen molar-refractivity contribution >= 4 is 11.8 Å². The third kappa shape index (κ3) is 2.92. The first kappa shape index (κ1) is 14.4. The quantitative estimate of drug-likeness (QED) is 0.855. The predicted molar refractivity (Wildman–Crippen MR) is 75.5 cm³/mol. The summed E-state index contributed by atoms with van der Waals surface area (Å²) in [5.41, 5.74) is 1.24. The van der Waals surface area contributed by atoms with Gasteiger partial charge in [-0.05, 0) is 37.5 Å². The van der Waals surface area contributed by atoms with Crippen molar-refractivity contribution in [2.75, 3.05) is 20.1 Å². The van der Waals surface area contributed by atoms with Gasteiger partial charge in [0.2, 0.25) is 5.91 Å². The first-order valence-electron chi connectivity index (χ1n) is 6.83. The van der Waals surface area contributed by atoms with Crippen LogP contribution in [0.1, 0.15) is 28.8 Å². The second-order valence-electron chi connectivity index (χ2n) is 5.20. The molecule has 108 valence electrons. The fraction of sp³-hybridized carbons (Fsp3) is 0.467. The number of phenolic OH excluding ortho intramolecular Hbond substituents is 1. The molecule has 0 aromatic heterocycles. The van der Waals surface area contributed by atoms with Crippen LogP contribution in [0.5, 0.6) is 5.75 Å². The van der Waals surface area contributed by atoms with E-state index in [0.29, 0.717) is 31.5 Å². The number of carbonyl (C=O) groups is 2. The highest BCUT2D eigenvalue weighted by atomic mass is 16.3. The summed E-state index contributed by atoms with van der Waals surface area (Å²) in [7, 11) is 1.63. The second kappa shape index (κ2) is 5.94. The summed E-state index contributed by atoms with van der Waals surface area (Å²) in [5.74, 6) is -0.132. The Morgan fingerprint density at radius 3 is 2.50 bits per heavy atom. The molecule has 0 bridgehead atoms. The van der Waals surface area contributed by atoms with Gasteiger partial charge in [-0.1, -0.05) is 6.07 Å². The average Bonchev–Trinajstić information content (AvgIpc) is 2.46. The van der Waals surface area contributed by atoms with Gasteiger partial charge < -0.3 is 15.3 Å². The number of aromatic hydroxyl groups is 1. The molecule has 1 saturated heterocycles. The SMILES string of the molecule is CNC(=O)C1CCN(C(=O)c2ccc(C)cc2O)CC1. The maximum absolute atomic E-state index is 12.3. The number of likely N-dealkylation sites (tertiary alicyclic amines) is 1. The molecule has 2 N–H and O–H groups in total. The van der Waals surface area contributed by atoms with E-state index in [2.05, 4.69) is 5.32 Å². The molecule has 1 aliphatic rings. The molecule has 20 heavy (non-hydrogen) atoms. The first-order valence-corrected chi connectivity index (χ1v) is 6.83. The zero-order valence-corrected chi connectivity index (χ0v) is 11.8. The van der Waals surface area contributed by atoms with Gasteiger partial charge in [-0.2, -0.15) is 0 Å². The molecule has 1 fully saturated rings. The molecular weight excluding hydrogens is 256 g/mol. The summed E-state index contributed by atoms with van der Waals surface area (Å²) in [4.78, 5) is 25.6. The highest BCUT2D eigenvalue weighted by Gasteiger charge is 2.28. The Labute approximate surface area is 118 Å². The highest BCUT2D eigenvalue weighted by Crippen LogP contribution is 2.24. The van der Waals surface area contributed by atoms with Crippen LogP contribution in [0.4, 0.5) is 0 Å². The van der Waals surface area contributed by atoms with Gasteiger partial charge >= 0.3 is 0 Å². The van der Waals surface area contributed by atoms with Crippen molar-refractivity contribution in [1.82, 2.24) is 10.2 Å². The Balaban J connectivity index is 2.03. The number of nitrogens with zero attached hydrogens (tertiary/aromatic N) is 1. The maximum atomic E-state index is 12.3. The smallest absolute Gasteiger partial charge is 0.257 e. The lowest BCUT2D eigenvalue weighted by atomic mass is 9.95. The number of hydrogen-bond donors (Lipinski definition) is 2. The van der Waals surface area contributed by atoms with Crippen LogP contribution in [0.2, 0.25) is 0 Å². The first-order chi connectivity index (χ1) is 9.52. The number of benzene rings is 1. The molecule has 2 amide bonds. The Morgan fingerprint density at radius 1 is 1.30 bits per heavy atom. The van der Waals surface area contributed by atoms with E-state index in [-0.39, 0.29) is 23.5 Å². The Bertz CT molecular complexity index is 520. The van der Waals surface area contributed by atoms with Crippen LogP contribution >= 0.6 is 0 Å². The summed E-state index contributed by atoms with van der Waals surface area (Å²) in [6, 6.07) is 5.05. The van der Waals surface area contributed by atoms with Crippen LogP contribution in [0, 0.1) is 12.8 Å². The van der Waals surface area contributed by atoms with Gasteiger partial charge in [-0.3, -0.25) is 9.59 Å². The van der Waals surface area contributed by atoms with Gasteiger partial charge in [-0.25, -0.2) is 0 Å². The molecule has 0 saturated carbocycles. The minimum absolute atomic E-state index is 0.0171. The van der Waals surface area contributed by atoms with Crippen molar-refractivity contribution in [3.63, 3.8) is 0 Å². The minimum atomic E-state index is -0.169.